The van der Waals surface area contributed by atoms with Crippen LogP contribution in [0.25, 0.3) is 10.9 Å². The molecule has 2 heterocycles. The number of anilines is 2. The third-order valence-electron chi connectivity index (χ3n) is 6.79. The van der Waals surface area contributed by atoms with Gasteiger partial charge in [-0.2, -0.15) is 0 Å². The van der Waals surface area contributed by atoms with Crippen molar-refractivity contribution in [2.24, 2.45) is 0 Å². The second kappa shape index (κ2) is 12.4. The fraction of sp³-hybridized carbons (Fsp3) is 0.355. The summed E-state index contributed by atoms with van der Waals surface area (Å²) in [5.74, 6) is 1.65. The molecule has 0 spiro atoms. The van der Waals surface area contributed by atoms with Gasteiger partial charge in [0.1, 0.15) is 11.6 Å². The fourth-order valence-electron chi connectivity index (χ4n) is 4.60. The summed E-state index contributed by atoms with van der Waals surface area (Å²) in [6.07, 6.45) is 6.39. The van der Waals surface area contributed by atoms with Crippen molar-refractivity contribution < 1.29 is 9.53 Å². The summed E-state index contributed by atoms with van der Waals surface area (Å²) in [6.45, 7) is 10.3. The molecular formula is C31H38N4O2. The van der Waals surface area contributed by atoms with Crippen molar-refractivity contribution in [2.45, 2.75) is 33.6 Å². The Balaban J connectivity index is 1.44. The zero-order chi connectivity index (χ0) is 26.2. The number of allylic oxidation sites excluding steroid dienone is 3. The van der Waals surface area contributed by atoms with Crippen molar-refractivity contribution in [1.29, 1.82) is 0 Å². The Morgan fingerprint density at radius 1 is 0.973 bits per heavy atom. The Hall–Kier alpha value is -3.80. The minimum absolute atomic E-state index is 0.0648. The molecule has 1 amide bonds. The van der Waals surface area contributed by atoms with E-state index in [0.29, 0.717) is 12.1 Å². The van der Waals surface area contributed by atoms with Crippen molar-refractivity contribution in [2.75, 3.05) is 49.6 Å². The number of piperazine rings is 1. The highest BCUT2D eigenvalue weighted by Gasteiger charge is 2.21. The number of nitrogens with one attached hydrogen (secondary N) is 1. The number of pyridine rings is 1. The number of hydrogen-bond acceptors (Lipinski definition) is 5. The summed E-state index contributed by atoms with van der Waals surface area (Å²) in [5, 5.41) is 3.97. The van der Waals surface area contributed by atoms with E-state index in [9.17, 15) is 4.79 Å². The molecule has 3 aromatic rings. The summed E-state index contributed by atoms with van der Waals surface area (Å²) in [7, 11) is 1.68. The van der Waals surface area contributed by atoms with Crippen LogP contribution in [0.4, 0.5) is 11.5 Å². The number of methoxy groups -OCH3 is 1. The largest absolute Gasteiger partial charge is 0.497 e. The van der Waals surface area contributed by atoms with Gasteiger partial charge in [0, 0.05) is 43.8 Å². The van der Waals surface area contributed by atoms with Crippen molar-refractivity contribution in [3.05, 3.63) is 83.5 Å². The average Bonchev–Trinajstić information content (AvgIpc) is 2.92. The smallest absolute Gasteiger partial charge is 0.252 e. The normalized spacial score (nSPS) is 14.0. The molecule has 0 atom stereocenters. The number of hydrogen-bond donors (Lipinski definition) is 1. The summed E-state index contributed by atoms with van der Waals surface area (Å²) in [5.41, 5.74) is 5.33. The molecule has 194 valence electrons. The van der Waals surface area contributed by atoms with Crippen LogP contribution in [0.3, 0.4) is 0 Å². The van der Waals surface area contributed by atoms with E-state index in [1.165, 1.54) is 16.8 Å². The number of para-hydroxylation sites is 1. The number of rotatable bonds is 9. The van der Waals surface area contributed by atoms with E-state index >= 15 is 0 Å². The fourth-order valence-corrected chi connectivity index (χ4v) is 4.60. The predicted molar refractivity (Wildman–Crippen MR) is 154 cm³/mol. The van der Waals surface area contributed by atoms with Crippen LogP contribution in [0.2, 0.25) is 0 Å². The predicted octanol–water partition coefficient (Wildman–Crippen LogP) is 5.99. The van der Waals surface area contributed by atoms with Gasteiger partial charge < -0.3 is 19.9 Å². The number of benzene rings is 2. The lowest BCUT2D eigenvalue weighted by Crippen LogP contribution is -2.46. The molecule has 1 aromatic heterocycles. The molecule has 0 saturated carbocycles. The Bertz CT molecular complexity index is 1270. The molecule has 0 aliphatic carbocycles. The van der Waals surface area contributed by atoms with E-state index in [1.54, 1.807) is 7.11 Å². The molecule has 0 radical (unpaired) electrons. The molecule has 1 saturated heterocycles. The van der Waals surface area contributed by atoms with E-state index in [4.69, 9.17) is 9.72 Å². The third kappa shape index (κ3) is 6.91. The first-order chi connectivity index (χ1) is 17.9. The topological polar surface area (TPSA) is 57.7 Å². The van der Waals surface area contributed by atoms with Crippen LogP contribution < -0.4 is 19.9 Å². The van der Waals surface area contributed by atoms with Crippen molar-refractivity contribution in [3.63, 3.8) is 0 Å². The molecule has 6 nitrogen and oxygen atoms in total. The maximum atomic E-state index is 13.3. The van der Waals surface area contributed by atoms with Gasteiger partial charge in [-0.15, -0.1) is 0 Å². The second-order valence-corrected chi connectivity index (χ2v) is 9.80. The van der Waals surface area contributed by atoms with Gasteiger partial charge in [-0.3, -0.25) is 4.79 Å². The van der Waals surface area contributed by atoms with Gasteiger partial charge in [-0.25, -0.2) is 4.98 Å². The summed E-state index contributed by atoms with van der Waals surface area (Å²) in [4.78, 5) is 22.8. The molecule has 0 unspecified atom stereocenters. The number of nitrogens with zero attached hydrogens (tertiary/aromatic N) is 3. The SMILES string of the molecule is COc1ccc(N2CCN(c3cc(C(=O)NCC=C(C)CCC=C(C)C)c4ccccc4n3)CC2)cc1. The molecule has 1 aliphatic rings. The maximum absolute atomic E-state index is 13.3. The summed E-state index contributed by atoms with van der Waals surface area (Å²) < 4.78 is 5.28. The van der Waals surface area contributed by atoms with Gasteiger partial charge in [-0.1, -0.05) is 41.5 Å². The van der Waals surface area contributed by atoms with Crippen LogP contribution in [0.15, 0.2) is 77.9 Å². The molecule has 1 aliphatic heterocycles. The zero-order valence-corrected chi connectivity index (χ0v) is 22.5. The first-order valence-electron chi connectivity index (χ1n) is 13.1. The van der Waals surface area contributed by atoms with Crippen molar-refractivity contribution >= 4 is 28.3 Å². The molecule has 0 bridgehead atoms. The van der Waals surface area contributed by atoms with Crippen LogP contribution in [0.1, 0.15) is 44.0 Å². The average molecular weight is 499 g/mol. The summed E-state index contributed by atoms with van der Waals surface area (Å²) >= 11 is 0. The molecule has 6 heteroatoms. The van der Waals surface area contributed by atoms with E-state index in [1.807, 2.05) is 42.5 Å². The third-order valence-corrected chi connectivity index (χ3v) is 6.79. The highest BCUT2D eigenvalue weighted by Crippen LogP contribution is 2.26. The maximum Gasteiger partial charge on any atom is 0.252 e. The van der Waals surface area contributed by atoms with Gasteiger partial charge in [0.2, 0.25) is 0 Å². The number of fused-ring (bicyclic) bond motifs is 1. The highest BCUT2D eigenvalue weighted by molar-refractivity contribution is 6.07. The van der Waals surface area contributed by atoms with E-state index in [-0.39, 0.29) is 5.91 Å². The lowest BCUT2D eigenvalue weighted by Gasteiger charge is -2.37. The Morgan fingerprint density at radius 3 is 2.38 bits per heavy atom. The highest BCUT2D eigenvalue weighted by atomic mass is 16.5. The number of carbonyl (C=O) groups is 1. The van der Waals surface area contributed by atoms with Crippen LogP contribution >= 0.6 is 0 Å². The Labute approximate surface area is 220 Å². The lowest BCUT2D eigenvalue weighted by atomic mass is 10.1. The van der Waals surface area contributed by atoms with E-state index in [2.05, 4.69) is 60.2 Å². The number of aromatic nitrogens is 1. The number of carbonyl (C=O) groups excluding carboxylic acids is 1. The first kappa shape index (κ1) is 26.3. The standard InChI is InChI=1S/C31H38N4O2/c1-23(2)8-7-9-24(3)16-17-32-31(36)28-22-30(33-29-11-6-5-10-27(28)29)35-20-18-34(19-21-35)25-12-14-26(37-4)15-13-25/h5-6,8,10-16,22H,7,9,17-21H2,1-4H3,(H,32,36). The molecule has 1 fully saturated rings. The zero-order valence-electron chi connectivity index (χ0n) is 22.5. The van der Waals surface area contributed by atoms with Crippen molar-refractivity contribution in [1.82, 2.24) is 10.3 Å². The van der Waals surface area contributed by atoms with E-state index < -0.39 is 0 Å². The monoisotopic (exact) mass is 498 g/mol. The lowest BCUT2D eigenvalue weighted by molar-refractivity contribution is 0.0959. The van der Waals surface area contributed by atoms with E-state index in [0.717, 1.165) is 61.5 Å². The number of ether oxygens (including phenoxy) is 1. The van der Waals surface area contributed by atoms with Crippen LogP contribution in [-0.4, -0.2) is 50.7 Å². The number of amides is 1. The van der Waals surface area contributed by atoms with Crippen LogP contribution in [0, 0.1) is 0 Å². The van der Waals surface area contributed by atoms with Crippen molar-refractivity contribution in [3.8, 4) is 5.75 Å². The van der Waals surface area contributed by atoms with Gasteiger partial charge in [0.15, 0.2) is 0 Å². The quantitative estimate of drug-likeness (QED) is 0.367. The summed E-state index contributed by atoms with van der Waals surface area (Å²) in [6, 6.07) is 18.0. The Morgan fingerprint density at radius 2 is 1.68 bits per heavy atom. The van der Waals surface area contributed by atoms with Crippen LogP contribution in [0.5, 0.6) is 5.75 Å². The van der Waals surface area contributed by atoms with Gasteiger partial charge in [-0.05, 0) is 70.0 Å². The van der Waals surface area contributed by atoms with Gasteiger partial charge >= 0.3 is 0 Å². The second-order valence-electron chi connectivity index (χ2n) is 9.80. The minimum Gasteiger partial charge on any atom is -0.497 e. The minimum atomic E-state index is -0.0648. The molecule has 37 heavy (non-hydrogen) atoms. The van der Waals surface area contributed by atoms with Crippen LogP contribution in [-0.2, 0) is 0 Å². The molecule has 1 N–H and O–H groups in total. The van der Waals surface area contributed by atoms with Gasteiger partial charge in [0.05, 0.1) is 18.2 Å². The molecule has 4 rings (SSSR count). The van der Waals surface area contributed by atoms with Gasteiger partial charge in [0.25, 0.3) is 5.91 Å². The molecular weight excluding hydrogens is 460 g/mol. The molecule has 2 aromatic carbocycles. The first-order valence-corrected chi connectivity index (χ1v) is 13.1. The Kier molecular flexibility index (Phi) is 8.83.